The van der Waals surface area contributed by atoms with Gasteiger partial charge in [0.2, 0.25) is 5.91 Å². The second-order valence-electron chi connectivity index (χ2n) is 7.14. The Bertz CT molecular complexity index is 1250. The van der Waals surface area contributed by atoms with Gasteiger partial charge in [-0.25, -0.2) is 0 Å². The van der Waals surface area contributed by atoms with Crippen molar-refractivity contribution in [1.82, 2.24) is 14.8 Å². The number of hydrogen-bond donors (Lipinski definition) is 1. The second-order valence-corrected chi connectivity index (χ2v) is 8.49. The number of hydrogen-bond acceptors (Lipinski definition) is 4. The maximum Gasteiger partial charge on any atom is 0.234 e. The van der Waals surface area contributed by atoms with Gasteiger partial charge in [0, 0.05) is 5.39 Å². The Labute approximate surface area is 184 Å². The minimum absolute atomic E-state index is 0.146. The van der Waals surface area contributed by atoms with E-state index in [2.05, 4.69) is 46.7 Å². The van der Waals surface area contributed by atoms with E-state index in [9.17, 15) is 4.79 Å². The molecule has 0 bridgehead atoms. The predicted octanol–water partition coefficient (Wildman–Crippen LogP) is 5.73. The molecule has 30 heavy (non-hydrogen) atoms. The summed E-state index contributed by atoms with van der Waals surface area (Å²) in [4.78, 5) is 12.5. The summed E-state index contributed by atoms with van der Waals surface area (Å²) in [5.74, 6) is 0.832. The number of fused-ring (bicyclic) bond motifs is 1. The molecule has 1 heterocycles. The first-order valence-electron chi connectivity index (χ1n) is 9.53. The first kappa shape index (κ1) is 20.4. The third kappa shape index (κ3) is 4.06. The molecule has 0 fully saturated rings. The molecule has 0 saturated heterocycles. The van der Waals surface area contributed by atoms with Crippen molar-refractivity contribution in [2.75, 3.05) is 11.1 Å². The molecule has 0 atom stereocenters. The van der Waals surface area contributed by atoms with Gasteiger partial charge in [-0.2, -0.15) is 0 Å². The van der Waals surface area contributed by atoms with Crippen molar-refractivity contribution in [2.45, 2.75) is 25.9 Å². The first-order valence-corrected chi connectivity index (χ1v) is 10.9. The maximum absolute atomic E-state index is 12.5. The Hall–Kier alpha value is -2.83. The average molecular weight is 437 g/mol. The van der Waals surface area contributed by atoms with Crippen LogP contribution in [0.5, 0.6) is 0 Å². The van der Waals surface area contributed by atoms with E-state index in [4.69, 9.17) is 11.6 Å². The molecule has 1 N–H and O–H groups in total. The molecule has 0 aliphatic carbocycles. The lowest BCUT2D eigenvalue weighted by Gasteiger charge is -2.14. The summed E-state index contributed by atoms with van der Waals surface area (Å²) < 4.78 is 2.02. The fourth-order valence-electron chi connectivity index (χ4n) is 3.39. The van der Waals surface area contributed by atoms with E-state index in [1.165, 1.54) is 11.8 Å². The van der Waals surface area contributed by atoms with Crippen LogP contribution in [0.2, 0.25) is 5.02 Å². The highest BCUT2D eigenvalue weighted by atomic mass is 35.5. The molecule has 0 aliphatic rings. The molecule has 152 valence electrons. The smallest absolute Gasteiger partial charge is 0.234 e. The van der Waals surface area contributed by atoms with E-state index in [1.807, 2.05) is 48.7 Å². The Morgan fingerprint density at radius 3 is 2.67 bits per heavy atom. The van der Waals surface area contributed by atoms with Gasteiger partial charge in [-0.1, -0.05) is 65.8 Å². The van der Waals surface area contributed by atoms with Crippen molar-refractivity contribution in [3.63, 3.8) is 0 Å². The van der Waals surface area contributed by atoms with Crippen LogP contribution in [-0.2, 0) is 4.79 Å². The molecule has 0 radical (unpaired) electrons. The van der Waals surface area contributed by atoms with Crippen LogP contribution in [0.4, 0.5) is 5.69 Å². The summed E-state index contributed by atoms with van der Waals surface area (Å²) in [5, 5.41) is 14.9. The number of thioether (sulfide) groups is 1. The number of rotatable bonds is 5. The number of nitrogens with zero attached hydrogens (tertiary/aromatic N) is 3. The molecule has 3 aromatic carbocycles. The highest BCUT2D eigenvalue weighted by molar-refractivity contribution is 7.99. The van der Waals surface area contributed by atoms with Crippen LogP contribution >= 0.6 is 23.4 Å². The quantitative estimate of drug-likeness (QED) is 0.406. The Morgan fingerprint density at radius 2 is 1.87 bits per heavy atom. The van der Waals surface area contributed by atoms with Crippen LogP contribution in [0.1, 0.15) is 17.0 Å². The Kier molecular flexibility index (Phi) is 5.79. The minimum atomic E-state index is -0.146. The van der Waals surface area contributed by atoms with E-state index >= 15 is 0 Å². The molecular weight excluding hydrogens is 416 g/mol. The van der Waals surface area contributed by atoms with Crippen molar-refractivity contribution < 1.29 is 4.79 Å². The summed E-state index contributed by atoms with van der Waals surface area (Å²) in [6, 6.07) is 18.0. The van der Waals surface area contributed by atoms with Crippen molar-refractivity contribution in [1.29, 1.82) is 0 Å². The monoisotopic (exact) mass is 436 g/mol. The van der Waals surface area contributed by atoms with Gasteiger partial charge in [0.05, 0.1) is 22.2 Å². The van der Waals surface area contributed by atoms with E-state index in [0.717, 1.165) is 33.4 Å². The fourth-order valence-corrected chi connectivity index (χ4v) is 4.46. The highest BCUT2D eigenvalue weighted by Crippen LogP contribution is 2.31. The zero-order valence-corrected chi connectivity index (χ0v) is 18.5. The minimum Gasteiger partial charge on any atom is -0.324 e. The van der Waals surface area contributed by atoms with Crippen molar-refractivity contribution in [3.05, 3.63) is 76.6 Å². The predicted molar refractivity (Wildman–Crippen MR) is 124 cm³/mol. The highest BCUT2D eigenvalue weighted by Gasteiger charge is 2.17. The molecule has 0 spiro atoms. The fraction of sp³-hybridized carbons (Fsp3) is 0.174. The van der Waals surface area contributed by atoms with Gasteiger partial charge in [-0.3, -0.25) is 9.36 Å². The van der Waals surface area contributed by atoms with Crippen molar-refractivity contribution in [3.8, 4) is 5.69 Å². The largest absolute Gasteiger partial charge is 0.324 e. The third-order valence-corrected chi connectivity index (χ3v) is 6.09. The van der Waals surface area contributed by atoms with E-state index in [1.54, 1.807) is 0 Å². The number of carbonyl (C=O) groups is 1. The zero-order valence-electron chi connectivity index (χ0n) is 16.9. The average Bonchev–Trinajstić information content (AvgIpc) is 3.08. The number of aromatic nitrogens is 3. The van der Waals surface area contributed by atoms with Gasteiger partial charge < -0.3 is 5.32 Å². The summed E-state index contributed by atoms with van der Waals surface area (Å²) in [6.07, 6.45) is 0. The lowest BCUT2D eigenvalue weighted by molar-refractivity contribution is -0.113. The van der Waals surface area contributed by atoms with Gasteiger partial charge in [-0.15, -0.1) is 10.2 Å². The number of anilines is 1. The van der Waals surface area contributed by atoms with Crippen molar-refractivity contribution >= 4 is 45.7 Å². The summed E-state index contributed by atoms with van der Waals surface area (Å²) in [6.45, 7) is 5.95. The molecule has 0 unspecified atom stereocenters. The molecular formula is C23H21ClN4OS. The Balaban J connectivity index is 1.60. The lowest BCUT2D eigenvalue weighted by atomic mass is 10.0. The number of nitrogens with one attached hydrogen (secondary N) is 1. The number of aryl methyl sites for hydroxylation is 3. The van der Waals surface area contributed by atoms with Crippen LogP contribution in [0.3, 0.4) is 0 Å². The van der Waals surface area contributed by atoms with Gasteiger partial charge in [0.25, 0.3) is 0 Å². The maximum atomic E-state index is 12.5. The lowest BCUT2D eigenvalue weighted by Crippen LogP contribution is -2.15. The number of halogens is 1. The van der Waals surface area contributed by atoms with Gasteiger partial charge in [0.1, 0.15) is 5.82 Å². The number of benzene rings is 3. The molecule has 4 rings (SSSR count). The van der Waals surface area contributed by atoms with Crippen LogP contribution < -0.4 is 5.32 Å². The SMILES string of the molecule is Cc1ccc(NC(=O)CSc2nnc(C)n2-c2c(C)ccc3ccccc23)c(Cl)c1. The standard InChI is InChI=1S/C23H21ClN4OS/c1-14-8-11-20(19(24)12-14)25-21(29)13-30-23-27-26-16(3)28(23)22-15(2)9-10-17-6-4-5-7-18(17)22/h4-12H,13H2,1-3H3,(H,25,29). The van der Waals surface area contributed by atoms with Crippen LogP contribution in [0, 0.1) is 20.8 Å². The molecule has 1 amide bonds. The normalized spacial score (nSPS) is 11.1. The number of carbonyl (C=O) groups excluding carboxylic acids is 1. The summed E-state index contributed by atoms with van der Waals surface area (Å²) >= 11 is 7.57. The summed E-state index contributed by atoms with van der Waals surface area (Å²) in [5.41, 5.74) is 3.81. The van der Waals surface area contributed by atoms with Crippen molar-refractivity contribution in [2.24, 2.45) is 0 Å². The molecule has 0 aliphatic heterocycles. The van der Waals surface area contributed by atoms with Gasteiger partial charge in [-0.05, 0) is 49.4 Å². The van der Waals surface area contributed by atoms with Gasteiger partial charge >= 0.3 is 0 Å². The third-order valence-electron chi connectivity index (χ3n) is 4.85. The second kappa shape index (κ2) is 8.50. The van der Waals surface area contributed by atoms with Gasteiger partial charge in [0.15, 0.2) is 5.16 Å². The van der Waals surface area contributed by atoms with Crippen LogP contribution in [0.25, 0.3) is 16.5 Å². The van der Waals surface area contributed by atoms with E-state index in [0.29, 0.717) is 15.9 Å². The van der Waals surface area contributed by atoms with Crippen LogP contribution in [-0.4, -0.2) is 26.4 Å². The van der Waals surface area contributed by atoms with E-state index in [-0.39, 0.29) is 11.7 Å². The summed E-state index contributed by atoms with van der Waals surface area (Å²) in [7, 11) is 0. The molecule has 1 aromatic heterocycles. The Morgan fingerprint density at radius 1 is 1.07 bits per heavy atom. The molecule has 4 aromatic rings. The molecule has 7 heteroatoms. The molecule has 5 nitrogen and oxygen atoms in total. The topological polar surface area (TPSA) is 59.8 Å². The van der Waals surface area contributed by atoms with E-state index < -0.39 is 0 Å². The zero-order chi connectivity index (χ0) is 21.3. The van der Waals surface area contributed by atoms with Crippen LogP contribution in [0.15, 0.2) is 59.8 Å². The number of amides is 1. The first-order chi connectivity index (χ1) is 14.4. The molecule has 0 saturated carbocycles.